The van der Waals surface area contributed by atoms with E-state index in [0.29, 0.717) is 0 Å². The predicted molar refractivity (Wildman–Crippen MR) is 98.3 cm³/mol. The van der Waals surface area contributed by atoms with Gasteiger partial charge in [-0.05, 0) is 42.5 Å². The minimum atomic E-state index is 0.811. The molecule has 3 heterocycles. The van der Waals surface area contributed by atoms with Crippen LogP contribution in [0.5, 0.6) is 0 Å². The summed E-state index contributed by atoms with van der Waals surface area (Å²) in [4.78, 5) is 19.7. The number of nitrogens with zero attached hydrogens (tertiary/aromatic N) is 3. The summed E-state index contributed by atoms with van der Waals surface area (Å²) in [5.41, 5.74) is 2.07. The van der Waals surface area contributed by atoms with Crippen molar-refractivity contribution in [1.29, 1.82) is 0 Å². The molecule has 0 atom stereocenters. The van der Waals surface area contributed by atoms with Crippen LogP contribution in [0.25, 0.3) is 11.0 Å². The van der Waals surface area contributed by atoms with Crippen LogP contribution >= 0.6 is 23.5 Å². The van der Waals surface area contributed by atoms with Crippen LogP contribution < -0.4 is 0 Å². The maximum atomic E-state index is 4.66. The van der Waals surface area contributed by atoms with Crippen LogP contribution in [0.4, 0.5) is 0 Å². The van der Waals surface area contributed by atoms with Crippen LogP contribution in [-0.2, 0) is 5.75 Å². The van der Waals surface area contributed by atoms with E-state index in [2.05, 4.69) is 38.1 Å². The number of imidazole rings is 1. The largest absolute Gasteiger partial charge is 0.341 e. The lowest BCUT2D eigenvalue weighted by Crippen LogP contribution is -1.83. The first kappa shape index (κ1) is 15.2. The quantitative estimate of drug-likeness (QED) is 0.524. The molecule has 1 aromatic carbocycles. The molecular formula is C18H14N4S2. The molecule has 24 heavy (non-hydrogen) atoms. The van der Waals surface area contributed by atoms with Gasteiger partial charge < -0.3 is 4.98 Å². The van der Waals surface area contributed by atoms with Crippen LogP contribution in [0.3, 0.4) is 0 Å². The van der Waals surface area contributed by atoms with Crippen molar-refractivity contribution in [3.63, 3.8) is 0 Å². The summed E-state index contributed by atoms with van der Waals surface area (Å²) in [6.45, 7) is 0. The summed E-state index contributed by atoms with van der Waals surface area (Å²) >= 11 is 3.47. The molecule has 4 aromatic rings. The zero-order chi connectivity index (χ0) is 16.2. The molecule has 0 amide bonds. The van der Waals surface area contributed by atoms with Crippen molar-refractivity contribution in [2.24, 2.45) is 0 Å². The molecule has 4 nitrogen and oxygen atoms in total. The highest BCUT2D eigenvalue weighted by Crippen LogP contribution is 2.29. The standard InChI is InChI=1S/C18H14N4S2/c1-2-16-17(11-15(1)24-14-5-9-20-10-6-14)22-18(21-16)12-23-13-3-7-19-8-4-13/h1-11H,12H2,(H,21,22). The van der Waals surface area contributed by atoms with E-state index in [4.69, 9.17) is 0 Å². The van der Waals surface area contributed by atoms with Gasteiger partial charge in [-0.1, -0.05) is 11.8 Å². The Bertz CT molecular complexity index is 939. The smallest absolute Gasteiger partial charge is 0.117 e. The molecule has 3 aromatic heterocycles. The molecule has 0 aliphatic carbocycles. The Morgan fingerprint density at radius 1 is 0.792 bits per heavy atom. The number of rotatable bonds is 5. The number of fused-ring (bicyclic) bond motifs is 1. The maximum absolute atomic E-state index is 4.66. The van der Waals surface area contributed by atoms with Gasteiger partial charge in [0.15, 0.2) is 0 Å². The van der Waals surface area contributed by atoms with Crippen LogP contribution in [0.15, 0.2) is 81.9 Å². The summed E-state index contributed by atoms with van der Waals surface area (Å²) in [6.07, 6.45) is 7.24. The molecule has 0 fully saturated rings. The Morgan fingerprint density at radius 2 is 1.50 bits per heavy atom. The fourth-order valence-electron chi connectivity index (χ4n) is 2.30. The maximum Gasteiger partial charge on any atom is 0.117 e. The number of hydrogen-bond donors (Lipinski definition) is 1. The Balaban J connectivity index is 1.51. The molecule has 6 heteroatoms. The van der Waals surface area contributed by atoms with Gasteiger partial charge in [0.1, 0.15) is 5.82 Å². The van der Waals surface area contributed by atoms with Gasteiger partial charge in [0.25, 0.3) is 0 Å². The number of aromatic amines is 1. The van der Waals surface area contributed by atoms with E-state index in [1.54, 1.807) is 23.5 Å². The van der Waals surface area contributed by atoms with E-state index in [1.165, 1.54) is 14.7 Å². The van der Waals surface area contributed by atoms with Gasteiger partial charge in [0.05, 0.1) is 16.8 Å². The Morgan fingerprint density at radius 3 is 2.25 bits per heavy atom. The predicted octanol–water partition coefficient (Wildman–Crippen LogP) is 4.80. The van der Waals surface area contributed by atoms with Gasteiger partial charge in [-0.3, -0.25) is 9.97 Å². The van der Waals surface area contributed by atoms with Crippen molar-refractivity contribution in [2.75, 3.05) is 0 Å². The first-order valence-electron chi connectivity index (χ1n) is 7.46. The minimum absolute atomic E-state index is 0.811. The number of thioether (sulfide) groups is 1. The van der Waals surface area contributed by atoms with Crippen LogP contribution in [0, 0.1) is 0 Å². The van der Waals surface area contributed by atoms with Gasteiger partial charge in [0, 0.05) is 39.5 Å². The monoisotopic (exact) mass is 350 g/mol. The van der Waals surface area contributed by atoms with Gasteiger partial charge in [0.2, 0.25) is 0 Å². The normalized spacial score (nSPS) is 11.0. The highest BCUT2D eigenvalue weighted by Gasteiger charge is 2.06. The molecule has 0 spiro atoms. The van der Waals surface area contributed by atoms with Crippen molar-refractivity contribution in [3.8, 4) is 0 Å². The fourth-order valence-corrected chi connectivity index (χ4v) is 3.90. The zero-order valence-electron chi connectivity index (χ0n) is 12.7. The first-order valence-corrected chi connectivity index (χ1v) is 9.26. The highest BCUT2D eigenvalue weighted by molar-refractivity contribution is 7.99. The van der Waals surface area contributed by atoms with Crippen LogP contribution in [0.2, 0.25) is 0 Å². The second-order valence-electron chi connectivity index (χ2n) is 5.12. The van der Waals surface area contributed by atoms with Crippen molar-refractivity contribution in [2.45, 2.75) is 20.4 Å². The van der Waals surface area contributed by atoms with Gasteiger partial charge >= 0.3 is 0 Å². The lowest BCUT2D eigenvalue weighted by Gasteiger charge is -2.00. The van der Waals surface area contributed by atoms with Gasteiger partial charge in [-0.2, -0.15) is 0 Å². The molecule has 0 radical (unpaired) electrons. The molecule has 0 aliphatic heterocycles. The van der Waals surface area contributed by atoms with Gasteiger partial charge in [-0.15, -0.1) is 11.8 Å². The average molecular weight is 350 g/mol. The fraction of sp³-hybridized carbons (Fsp3) is 0.0556. The molecule has 0 saturated heterocycles. The van der Waals surface area contributed by atoms with Crippen molar-refractivity contribution >= 4 is 34.6 Å². The van der Waals surface area contributed by atoms with E-state index < -0.39 is 0 Å². The third-order valence-corrected chi connectivity index (χ3v) is 5.43. The number of H-pyrrole nitrogens is 1. The Labute approximate surface area is 148 Å². The first-order chi connectivity index (χ1) is 11.9. The summed E-state index contributed by atoms with van der Waals surface area (Å²) < 4.78 is 0. The number of nitrogens with one attached hydrogen (secondary N) is 1. The number of pyridine rings is 2. The van der Waals surface area contributed by atoms with E-state index in [-0.39, 0.29) is 0 Å². The lowest BCUT2D eigenvalue weighted by molar-refractivity contribution is 1.14. The third kappa shape index (κ3) is 3.60. The molecule has 0 unspecified atom stereocenters. The minimum Gasteiger partial charge on any atom is -0.341 e. The zero-order valence-corrected chi connectivity index (χ0v) is 14.3. The Kier molecular flexibility index (Phi) is 4.49. The van der Waals surface area contributed by atoms with Crippen LogP contribution in [-0.4, -0.2) is 19.9 Å². The topological polar surface area (TPSA) is 54.5 Å². The summed E-state index contributed by atoms with van der Waals surface area (Å²) in [5.74, 6) is 1.80. The molecular weight excluding hydrogens is 336 g/mol. The molecule has 118 valence electrons. The number of aromatic nitrogens is 4. The van der Waals surface area contributed by atoms with Crippen LogP contribution in [0.1, 0.15) is 5.82 Å². The average Bonchev–Trinajstić information content (AvgIpc) is 3.04. The molecule has 0 bridgehead atoms. The third-order valence-electron chi connectivity index (χ3n) is 3.41. The van der Waals surface area contributed by atoms with Crippen molar-refractivity contribution in [3.05, 3.63) is 73.1 Å². The number of benzene rings is 1. The SMILES string of the molecule is c1cc(SCc2nc3ccc(Sc4ccncc4)cc3[nH]2)ccn1. The van der Waals surface area contributed by atoms with E-state index >= 15 is 0 Å². The van der Waals surface area contributed by atoms with Crippen molar-refractivity contribution in [1.82, 2.24) is 19.9 Å². The summed E-state index contributed by atoms with van der Waals surface area (Å²) in [6, 6.07) is 14.4. The molecule has 1 N–H and O–H groups in total. The molecule has 4 rings (SSSR count). The van der Waals surface area contributed by atoms with Gasteiger partial charge in [-0.25, -0.2) is 4.98 Å². The van der Waals surface area contributed by atoms with Crippen molar-refractivity contribution < 1.29 is 0 Å². The Hall–Kier alpha value is -2.31. The highest BCUT2D eigenvalue weighted by atomic mass is 32.2. The molecule has 0 aliphatic rings. The lowest BCUT2D eigenvalue weighted by atomic mass is 10.3. The van der Waals surface area contributed by atoms with E-state index in [0.717, 1.165) is 22.6 Å². The van der Waals surface area contributed by atoms with E-state index in [1.807, 2.05) is 49.1 Å². The second kappa shape index (κ2) is 7.07. The molecule has 0 saturated carbocycles. The van der Waals surface area contributed by atoms with E-state index in [9.17, 15) is 0 Å². The number of hydrogen-bond acceptors (Lipinski definition) is 5. The second-order valence-corrected chi connectivity index (χ2v) is 7.31. The summed E-state index contributed by atoms with van der Waals surface area (Å²) in [7, 11) is 0. The summed E-state index contributed by atoms with van der Waals surface area (Å²) in [5, 5.41) is 0.